The molecule has 1 saturated carbocycles. The molecule has 20 heavy (non-hydrogen) atoms. The first-order valence-corrected chi connectivity index (χ1v) is 7.56. The van der Waals surface area contributed by atoms with Crippen LogP contribution >= 0.6 is 0 Å². The summed E-state index contributed by atoms with van der Waals surface area (Å²) in [5, 5.41) is 9.66. The van der Waals surface area contributed by atoms with Crippen molar-refractivity contribution in [1.29, 1.82) is 0 Å². The third kappa shape index (κ3) is 1.72. The van der Waals surface area contributed by atoms with Crippen molar-refractivity contribution in [2.24, 2.45) is 16.7 Å². The zero-order chi connectivity index (χ0) is 14.5. The van der Waals surface area contributed by atoms with Crippen LogP contribution in [0.2, 0.25) is 0 Å². The third-order valence-corrected chi connectivity index (χ3v) is 5.92. The molecule has 0 unspecified atom stereocenters. The summed E-state index contributed by atoms with van der Waals surface area (Å²) in [7, 11) is 0. The van der Waals surface area contributed by atoms with Gasteiger partial charge in [0.25, 0.3) is 0 Å². The van der Waals surface area contributed by atoms with Crippen LogP contribution in [0.1, 0.15) is 52.4 Å². The van der Waals surface area contributed by atoms with Crippen molar-refractivity contribution < 1.29 is 14.7 Å². The number of carbonyl (C=O) groups is 2. The summed E-state index contributed by atoms with van der Waals surface area (Å²) in [4.78, 5) is 23.4. The van der Waals surface area contributed by atoms with Crippen LogP contribution in [-0.4, -0.2) is 16.9 Å². The molecule has 0 saturated heterocycles. The molecule has 1 N–H and O–H groups in total. The van der Waals surface area contributed by atoms with E-state index in [2.05, 4.69) is 13.0 Å². The smallest absolute Gasteiger partial charge is 0.309 e. The molecule has 0 aromatic rings. The van der Waals surface area contributed by atoms with Crippen LogP contribution in [0.25, 0.3) is 0 Å². The molecule has 1 fully saturated rings. The summed E-state index contributed by atoms with van der Waals surface area (Å²) in [6.45, 7) is 4.11. The lowest BCUT2D eigenvalue weighted by Gasteiger charge is -2.51. The summed E-state index contributed by atoms with van der Waals surface area (Å²) in [6.07, 6.45) is 8.82. The lowest BCUT2D eigenvalue weighted by atomic mass is 9.52. The molecular formula is C17H22O3. The highest BCUT2D eigenvalue weighted by Gasteiger charge is 2.52. The van der Waals surface area contributed by atoms with Crippen LogP contribution in [0.4, 0.5) is 0 Å². The van der Waals surface area contributed by atoms with E-state index in [1.165, 1.54) is 11.1 Å². The molecule has 0 radical (unpaired) electrons. The van der Waals surface area contributed by atoms with Gasteiger partial charge in [0.15, 0.2) is 5.78 Å². The van der Waals surface area contributed by atoms with Crippen LogP contribution in [0.3, 0.4) is 0 Å². The number of rotatable bonds is 1. The average molecular weight is 274 g/mol. The van der Waals surface area contributed by atoms with E-state index in [9.17, 15) is 14.7 Å². The van der Waals surface area contributed by atoms with E-state index >= 15 is 0 Å². The zero-order valence-corrected chi connectivity index (χ0v) is 12.2. The second kappa shape index (κ2) is 4.31. The van der Waals surface area contributed by atoms with Crippen molar-refractivity contribution in [2.45, 2.75) is 52.4 Å². The first-order valence-electron chi connectivity index (χ1n) is 7.56. The van der Waals surface area contributed by atoms with E-state index in [0.717, 1.165) is 32.1 Å². The van der Waals surface area contributed by atoms with E-state index in [4.69, 9.17) is 0 Å². The minimum atomic E-state index is -0.670. The Bertz CT molecular complexity index is 542. The molecule has 0 aromatic carbocycles. The van der Waals surface area contributed by atoms with Gasteiger partial charge >= 0.3 is 5.97 Å². The van der Waals surface area contributed by atoms with Gasteiger partial charge in [0.1, 0.15) is 0 Å². The number of carboxylic acids is 1. The van der Waals surface area contributed by atoms with Crippen LogP contribution < -0.4 is 0 Å². The highest BCUT2D eigenvalue weighted by Crippen LogP contribution is 2.59. The molecule has 3 heteroatoms. The Morgan fingerprint density at radius 1 is 1.30 bits per heavy atom. The quantitative estimate of drug-likeness (QED) is 0.744. The van der Waals surface area contributed by atoms with E-state index in [-0.39, 0.29) is 17.1 Å². The van der Waals surface area contributed by atoms with Crippen LogP contribution in [0, 0.1) is 16.7 Å². The Morgan fingerprint density at radius 2 is 2.05 bits per heavy atom. The van der Waals surface area contributed by atoms with Crippen molar-refractivity contribution in [3.63, 3.8) is 0 Å². The van der Waals surface area contributed by atoms with Crippen LogP contribution in [0.15, 0.2) is 23.3 Å². The Hall–Kier alpha value is -1.38. The molecule has 0 heterocycles. The monoisotopic (exact) mass is 274 g/mol. The molecule has 0 aromatic heterocycles. The second-order valence-corrected chi connectivity index (χ2v) is 6.98. The second-order valence-electron chi connectivity index (χ2n) is 6.98. The number of ketones is 1. The maximum absolute atomic E-state index is 11.8. The molecule has 3 rings (SSSR count). The standard InChI is InChI=1S/C17H22O3/c1-16-9-7-12(18)10-11(16)5-6-14-13(16)4-3-8-17(14,2)15(19)20/h4,10,14H,3,5-9H2,1-2H3,(H,19,20)/t14-,16-,17+/m0/s1. The maximum atomic E-state index is 11.8. The van der Waals surface area contributed by atoms with E-state index in [1.54, 1.807) is 0 Å². The normalized spacial score (nSPS) is 40.3. The Kier molecular flexibility index (Phi) is 2.93. The molecule has 3 atom stereocenters. The van der Waals surface area contributed by atoms with Crippen LogP contribution in [0.5, 0.6) is 0 Å². The highest BCUT2D eigenvalue weighted by molar-refractivity contribution is 5.92. The fourth-order valence-corrected chi connectivity index (χ4v) is 4.46. The predicted molar refractivity (Wildman–Crippen MR) is 76.2 cm³/mol. The lowest BCUT2D eigenvalue weighted by Crippen LogP contribution is -2.46. The third-order valence-electron chi connectivity index (χ3n) is 5.92. The minimum absolute atomic E-state index is 0.0754. The molecule has 0 bridgehead atoms. The molecule has 0 aliphatic heterocycles. The van der Waals surface area contributed by atoms with Gasteiger partial charge in [-0.05, 0) is 51.0 Å². The largest absolute Gasteiger partial charge is 0.481 e. The van der Waals surface area contributed by atoms with Gasteiger partial charge in [-0.3, -0.25) is 9.59 Å². The number of carboxylic acid groups (broad SMARTS) is 1. The topological polar surface area (TPSA) is 54.4 Å². The van der Waals surface area contributed by atoms with E-state index in [0.29, 0.717) is 6.42 Å². The number of allylic oxidation sites excluding steroid dienone is 4. The fourth-order valence-electron chi connectivity index (χ4n) is 4.46. The van der Waals surface area contributed by atoms with Gasteiger partial charge < -0.3 is 5.11 Å². The minimum Gasteiger partial charge on any atom is -0.481 e. The Balaban J connectivity index is 2.06. The summed E-state index contributed by atoms with van der Waals surface area (Å²) in [5.74, 6) is -0.312. The van der Waals surface area contributed by atoms with Gasteiger partial charge in [-0.25, -0.2) is 0 Å². The molecule has 3 nitrogen and oxygen atoms in total. The van der Waals surface area contributed by atoms with Crippen LogP contribution in [-0.2, 0) is 9.59 Å². The number of hydrogen-bond acceptors (Lipinski definition) is 2. The van der Waals surface area contributed by atoms with Gasteiger partial charge in [0.2, 0.25) is 0 Å². The fraction of sp³-hybridized carbons (Fsp3) is 0.647. The van der Waals surface area contributed by atoms with Crippen molar-refractivity contribution in [2.75, 3.05) is 0 Å². The van der Waals surface area contributed by atoms with Crippen molar-refractivity contribution in [1.82, 2.24) is 0 Å². The van der Waals surface area contributed by atoms with Gasteiger partial charge in [0.05, 0.1) is 5.41 Å². The van der Waals surface area contributed by atoms with Crippen molar-refractivity contribution in [3.8, 4) is 0 Å². The predicted octanol–water partition coefficient (Wildman–Crippen LogP) is 3.50. The summed E-state index contributed by atoms with van der Waals surface area (Å²) >= 11 is 0. The first kappa shape index (κ1) is 13.6. The first-order chi connectivity index (χ1) is 9.38. The summed E-state index contributed by atoms with van der Waals surface area (Å²) < 4.78 is 0. The summed E-state index contributed by atoms with van der Waals surface area (Å²) in [6, 6.07) is 0. The van der Waals surface area contributed by atoms with E-state index < -0.39 is 11.4 Å². The Morgan fingerprint density at radius 3 is 2.75 bits per heavy atom. The number of fused-ring (bicyclic) bond motifs is 3. The molecule has 0 spiro atoms. The Labute approximate surface area is 119 Å². The number of hydrogen-bond donors (Lipinski definition) is 1. The van der Waals surface area contributed by atoms with E-state index in [1.807, 2.05) is 13.0 Å². The molecule has 3 aliphatic carbocycles. The van der Waals surface area contributed by atoms with Gasteiger partial charge in [0, 0.05) is 11.8 Å². The molecule has 3 aliphatic rings. The maximum Gasteiger partial charge on any atom is 0.309 e. The summed E-state index contributed by atoms with van der Waals surface area (Å²) in [5.41, 5.74) is 1.80. The number of carbonyl (C=O) groups excluding carboxylic acids is 1. The number of aliphatic carboxylic acids is 1. The SMILES string of the molecule is C[C@]12CCC(=O)C=C1CC[C@H]1C2=CCC[C@@]1(C)C(=O)O. The molecule has 0 amide bonds. The van der Waals surface area contributed by atoms with Gasteiger partial charge in [-0.2, -0.15) is 0 Å². The lowest BCUT2D eigenvalue weighted by molar-refractivity contribution is -0.152. The van der Waals surface area contributed by atoms with Crippen molar-refractivity contribution >= 4 is 11.8 Å². The molecular weight excluding hydrogens is 252 g/mol. The zero-order valence-electron chi connectivity index (χ0n) is 12.2. The van der Waals surface area contributed by atoms with Crippen molar-refractivity contribution in [3.05, 3.63) is 23.3 Å². The van der Waals surface area contributed by atoms with Gasteiger partial charge in [-0.15, -0.1) is 0 Å². The van der Waals surface area contributed by atoms with Gasteiger partial charge in [-0.1, -0.05) is 24.1 Å². The average Bonchev–Trinajstić information content (AvgIpc) is 2.40. The molecule has 108 valence electrons. The highest BCUT2D eigenvalue weighted by atomic mass is 16.4.